The Balaban J connectivity index is 2.44. The zero-order valence-corrected chi connectivity index (χ0v) is 15.2. The third-order valence-electron chi connectivity index (χ3n) is 3.41. The molecule has 2 rings (SSSR count). The molecule has 0 heterocycles. The summed E-state index contributed by atoms with van der Waals surface area (Å²) in [7, 11) is -3.87. The predicted octanol–water partition coefficient (Wildman–Crippen LogP) is 3.93. The number of ether oxygens (including phenoxy) is 1. The zero-order chi connectivity index (χ0) is 17.9. The van der Waals surface area contributed by atoms with Crippen LogP contribution in [0.1, 0.15) is 28.4 Å². The molecule has 2 aromatic carbocycles. The standard InChI is InChI=1S/C17H18ClNO4S/c1-4-23-17(20)13-7-5-6-8-15(13)19-24(21,22)16-10-11(2)14(18)9-12(16)3/h5-10,19H,4H2,1-3H3. The van der Waals surface area contributed by atoms with Crippen LogP contribution in [0.3, 0.4) is 0 Å². The smallest absolute Gasteiger partial charge is 0.340 e. The maximum Gasteiger partial charge on any atom is 0.340 e. The highest BCUT2D eigenvalue weighted by atomic mass is 35.5. The van der Waals surface area contributed by atoms with Crippen molar-refractivity contribution < 1.29 is 17.9 Å². The average Bonchev–Trinajstić information content (AvgIpc) is 2.51. The van der Waals surface area contributed by atoms with Gasteiger partial charge in [0, 0.05) is 5.02 Å². The number of para-hydroxylation sites is 1. The summed E-state index contributed by atoms with van der Waals surface area (Å²) in [4.78, 5) is 12.1. The molecule has 0 spiro atoms. The number of nitrogens with one attached hydrogen (secondary N) is 1. The van der Waals surface area contributed by atoms with Gasteiger partial charge in [-0.15, -0.1) is 0 Å². The fraction of sp³-hybridized carbons (Fsp3) is 0.235. The van der Waals surface area contributed by atoms with E-state index in [9.17, 15) is 13.2 Å². The van der Waals surface area contributed by atoms with E-state index in [1.807, 2.05) is 0 Å². The van der Waals surface area contributed by atoms with Crippen LogP contribution in [-0.2, 0) is 14.8 Å². The number of carbonyl (C=O) groups is 1. The van der Waals surface area contributed by atoms with Crippen LogP contribution in [0.4, 0.5) is 5.69 Å². The summed E-state index contributed by atoms with van der Waals surface area (Å²) in [6.07, 6.45) is 0. The Hall–Kier alpha value is -2.05. The van der Waals surface area contributed by atoms with Crippen LogP contribution in [-0.4, -0.2) is 21.0 Å². The van der Waals surface area contributed by atoms with E-state index in [4.69, 9.17) is 16.3 Å². The van der Waals surface area contributed by atoms with E-state index >= 15 is 0 Å². The third kappa shape index (κ3) is 3.88. The van der Waals surface area contributed by atoms with Crippen LogP contribution in [0.2, 0.25) is 5.02 Å². The maximum absolute atomic E-state index is 12.7. The van der Waals surface area contributed by atoms with Gasteiger partial charge in [-0.3, -0.25) is 4.72 Å². The number of anilines is 1. The van der Waals surface area contributed by atoms with Crippen molar-refractivity contribution in [2.45, 2.75) is 25.7 Å². The molecule has 0 aliphatic heterocycles. The van der Waals surface area contributed by atoms with Gasteiger partial charge in [-0.05, 0) is 56.2 Å². The molecular weight excluding hydrogens is 350 g/mol. The van der Waals surface area contributed by atoms with Gasteiger partial charge in [0.05, 0.1) is 22.8 Å². The van der Waals surface area contributed by atoms with E-state index in [1.165, 1.54) is 18.2 Å². The first-order valence-electron chi connectivity index (χ1n) is 7.32. The van der Waals surface area contributed by atoms with Crippen LogP contribution >= 0.6 is 11.6 Å². The number of esters is 1. The van der Waals surface area contributed by atoms with Gasteiger partial charge in [0.1, 0.15) is 0 Å². The van der Waals surface area contributed by atoms with E-state index < -0.39 is 16.0 Å². The molecule has 1 N–H and O–H groups in total. The quantitative estimate of drug-likeness (QED) is 0.812. The molecule has 2 aromatic rings. The molecule has 0 saturated heterocycles. The Morgan fingerprint density at radius 2 is 1.83 bits per heavy atom. The van der Waals surface area contributed by atoms with Crippen LogP contribution < -0.4 is 4.72 Å². The van der Waals surface area contributed by atoms with E-state index in [0.717, 1.165) is 0 Å². The minimum Gasteiger partial charge on any atom is -0.462 e. The molecule has 0 bridgehead atoms. The maximum atomic E-state index is 12.7. The van der Waals surface area contributed by atoms with Crippen molar-refractivity contribution in [3.63, 3.8) is 0 Å². The van der Waals surface area contributed by atoms with Crippen molar-refractivity contribution in [2.75, 3.05) is 11.3 Å². The van der Waals surface area contributed by atoms with Crippen molar-refractivity contribution in [1.82, 2.24) is 0 Å². The van der Waals surface area contributed by atoms with Crippen LogP contribution in [0.15, 0.2) is 41.3 Å². The number of rotatable bonds is 5. The topological polar surface area (TPSA) is 72.5 Å². The summed E-state index contributed by atoms with van der Waals surface area (Å²) in [6.45, 7) is 5.28. The van der Waals surface area contributed by atoms with Crippen molar-refractivity contribution in [2.24, 2.45) is 0 Å². The molecule has 0 aromatic heterocycles. The summed E-state index contributed by atoms with van der Waals surface area (Å²) >= 11 is 6.02. The van der Waals surface area contributed by atoms with Gasteiger partial charge < -0.3 is 4.74 Å². The molecule has 24 heavy (non-hydrogen) atoms. The fourth-order valence-corrected chi connectivity index (χ4v) is 3.81. The van der Waals surface area contributed by atoms with Gasteiger partial charge in [-0.2, -0.15) is 0 Å². The zero-order valence-electron chi connectivity index (χ0n) is 13.6. The Morgan fingerprint density at radius 3 is 2.50 bits per heavy atom. The predicted molar refractivity (Wildman–Crippen MR) is 94.1 cm³/mol. The normalized spacial score (nSPS) is 11.2. The Kier molecular flexibility index (Phi) is 5.51. The summed E-state index contributed by atoms with van der Waals surface area (Å²) < 4.78 is 32.8. The first-order chi connectivity index (χ1) is 11.3. The highest BCUT2D eigenvalue weighted by Gasteiger charge is 2.21. The molecule has 0 aliphatic carbocycles. The van der Waals surface area contributed by atoms with Crippen LogP contribution in [0.25, 0.3) is 0 Å². The van der Waals surface area contributed by atoms with Crippen LogP contribution in [0, 0.1) is 13.8 Å². The fourth-order valence-electron chi connectivity index (χ4n) is 2.20. The number of hydrogen-bond donors (Lipinski definition) is 1. The van der Waals surface area contributed by atoms with Crippen molar-refractivity contribution in [1.29, 1.82) is 0 Å². The summed E-state index contributed by atoms with van der Waals surface area (Å²) in [5, 5.41) is 0.498. The molecule has 0 atom stereocenters. The number of aryl methyl sites for hydroxylation is 2. The Bertz CT molecular complexity index is 878. The van der Waals surface area contributed by atoms with E-state index in [1.54, 1.807) is 39.0 Å². The number of sulfonamides is 1. The lowest BCUT2D eigenvalue weighted by molar-refractivity contribution is 0.0527. The van der Waals surface area contributed by atoms with E-state index in [-0.39, 0.29) is 22.8 Å². The Labute approximate surface area is 146 Å². The molecule has 128 valence electrons. The minimum atomic E-state index is -3.87. The summed E-state index contributed by atoms with van der Waals surface area (Å²) in [5.74, 6) is -0.584. The molecular formula is C17H18ClNO4S. The van der Waals surface area contributed by atoms with E-state index in [2.05, 4.69) is 4.72 Å². The van der Waals surface area contributed by atoms with Gasteiger partial charge in [0.2, 0.25) is 0 Å². The highest BCUT2D eigenvalue weighted by molar-refractivity contribution is 7.92. The number of benzene rings is 2. The second-order valence-corrected chi connectivity index (χ2v) is 7.30. The Morgan fingerprint density at radius 1 is 1.17 bits per heavy atom. The first-order valence-corrected chi connectivity index (χ1v) is 9.18. The second-order valence-electron chi connectivity index (χ2n) is 5.24. The number of hydrogen-bond acceptors (Lipinski definition) is 4. The number of carbonyl (C=O) groups excluding carboxylic acids is 1. The van der Waals surface area contributed by atoms with Crippen molar-refractivity contribution in [3.05, 3.63) is 58.1 Å². The monoisotopic (exact) mass is 367 g/mol. The molecule has 0 radical (unpaired) electrons. The molecule has 7 heteroatoms. The van der Waals surface area contributed by atoms with E-state index in [0.29, 0.717) is 16.1 Å². The summed E-state index contributed by atoms with van der Waals surface area (Å²) in [6, 6.07) is 9.41. The molecule has 0 unspecified atom stereocenters. The lowest BCUT2D eigenvalue weighted by Gasteiger charge is -2.14. The minimum absolute atomic E-state index is 0.114. The molecule has 0 fully saturated rings. The molecule has 0 aliphatic rings. The number of halogens is 1. The molecule has 0 saturated carbocycles. The van der Waals surface area contributed by atoms with Gasteiger partial charge in [0.25, 0.3) is 10.0 Å². The SMILES string of the molecule is CCOC(=O)c1ccccc1NS(=O)(=O)c1cc(C)c(Cl)cc1C. The average molecular weight is 368 g/mol. The second kappa shape index (κ2) is 7.23. The lowest BCUT2D eigenvalue weighted by Crippen LogP contribution is -2.17. The van der Waals surface area contributed by atoms with Gasteiger partial charge in [-0.25, -0.2) is 13.2 Å². The van der Waals surface area contributed by atoms with Crippen LogP contribution in [0.5, 0.6) is 0 Å². The molecule has 0 amide bonds. The van der Waals surface area contributed by atoms with Crippen molar-refractivity contribution >= 4 is 33.3 Å². The van der Waals surface area contributed by atoms with Gasteiger partial charge >= 0.3 is 5.97 Å². The summed E-state index contributed by atoms with van der Waals surface area (Å²) in [5.41, 5.74) is 1.50. The third-order valence-corrected chi connectivity index (χ3v) is 5.33. The molecule has 5 nitrogen and oxygen atoms in total. The highest BCUT2D eigenvalue weighted by Crippen LogP contribution is 2.27. The van der Waals surface area contributed by atoms with Crippen molar-refractivity contribution in [3.8, 4) is 0 Å². The largest absolute Gasteiger partial charge is 0.462 e. The van der Waals surface area contributed by atoms with Gasteiger partial charge in [0.15, 0.2) is 0 Å². The van der Waals surface area contributed by atoms with Gasteiger partial charge in [-0.1, -0.05) is 23.7 Å². The lowest BCUT2D eigenvalue weighted by atomic mass is 10.2. The first kappa shape index (κ1) is 18.3.